The first kappa shape index (κ1) is 17.4. The number of piperidine rings is 1. The zero-order valence-electron chi connectivity index (χ0n) is 13.4. The maximum Gasteiger partial charge on any atom is 0.279 e. The second-order valence-corrected chi connectivity index (χ2v) is 6.53. The standard InChI is InChI=1S/C15H26N4O2/c1-10(2)15(4,9-16)18-14(21)11(3)19-7-5-6-12(8-19)13(17)20/h10-12H,5-8H2,1-4H3,(H2,17,20)(H,18,21)/p+1/t11-,12-,15+/m0/s1. The highest BCUT2D eigenvalue weighted by Crippen LogP contribution is 2.15. The van der Waals surface area contributed by atoms with Crippen LogP contribution in [0.3, 0.4) is 0 Å². The van der Waals surface area contributed by atoms with Crippen LogP contribution in [0.15, 0.2) is 0 Å². The number of hydrogen-bond donors (Lipinski definition) is 3. The molecule has 0 bridgehead atoms. The summed E-state index contributed by atoms with van der Waals surface area (Å²) in [6.45, 7) is 8.83. The van der Waals surface area contributed by atoms with Crippen LogP contribution in [0.4, 0.5) is 0 Å². The van der Waals surface area contributed by atoms with E-state index in [-0.39, 0.29) is 29.7 Å². The van der Waals surface area contributed by atoms with Crippen LogP contribution in [0.25, 0.3) is 0 Å². The van der Waals surface area contributed by atoms with Crippen molar-refractivity contribution < 1.29 is 14.5 Å². The van der Waals surface area contributed by atoms with Crippen LogP contribution >= 0.6 is 0 Å². The highest BCUT2D eigenvalue weighted by molar-refractivity contribution is 5.81. The Morgan fingerprint density at radius 1 is 1.43 bits per heavy atom. The number of rotatable bonds is 5. The van der Waals surface area contributed by atoms with Crippen molar-refractivity contribution in [3.8, 4) is 6.07 Å². The fraction of sp³-hybridized carbons (Fsp3) is 0.800. The van der Waals surface area contributed by atoms with Gasteiger partial charge in [-0.3, -0.25) is 9.59 Å². The number of carbonyl (C=O) groups excluding carboxylic acids is 2. The molecule has 1 fully saturated rings. The van der Waals surface area contributed by atoms with Crippen LogP contribution in [0.5, 0.6) is 0 Å². The van der Waals surface area contributed by atoms with Crippen molar-refractivity contribution >= 4 is 11.8 Å². The highest BCUT2D eigenvalue weighted by atomic mass is 16.2. The van der Waals surface area contributed by atoms with Gasteiger partial charge in [-0.25, -0.2) is 0 Å². The van der Waals surface area contributed by atoms with Crippen LogP contribution in [-0.4, -0.2) is 36.5 Å². The van der Waals surface area contributed by atoms with Gasteiger partial charge in [0.05, 0.1) is 25.1 Å². The van der Waals surface area contributed by atoms with Crippen molar-refractivity contribution in [2.24, 2.45) is 17.6 Å². The number of nitrogens with two attached hydrogens (primary N) is 1. The number of primary amides is 1. The molecule has 0 spiro atoms. The lowest BCUT2D eigenvalue weighted by Gasteiger charge is -2.34. The number of likely N-dealkylation sites (tertiary alicyclic amines) is 1. The quantitative estimate of drug-likeness (QED) is 0.619. The van der Waals surface area contributed by atoms with Crippen molar-refractivity contribution in [3.05, 3.63) is 0 Å². The average molecular weight is 295 g/mol. The van der Waals surface area contributed by atoms with E-state index in [0.29, 0.717) is 6.54 Å². The third-order valence-electron chi connectivity index (χ3n) is 4.74. The second kappa shape index (κ2) is 6.90. The molecule has 118 valence electrons. The fourth-order valence-electron chi connectivity index (χ4n) is 2.58. The molecule has 0 saturated carbocycles. The van der Waals surface area contributed by atoms with E-state index in [1.165, 1.54) is 0 Å². The molecule has 4 N–H and O–H groups in total. The van der Waals surface area contributed by atoms with Gasteiger partial charge in [-0.15, -0.1) is 0 Å². The van der Waals surface area contributed by atoms with Gasteiger partial charge >= 0.3 is 0 Å². The molecule has 1 heterocycles. The van der Waals surface area contributed by atoms with Crippen molar-refractivity contribution in [1.82, 2.24) is 5.32 Å². The normalized spacial score (nSPS) is 26.5. The number of nitrogens with zero attached hydrogens (tertiary/aromatic N) is 1. The van der Waals surface area contributed by atoms with Gasteiger partial charge in [-0.1, -0.05) is 13.8 Å². The van der Waals surface area contributed by atoms with Gasteiger partial charge in [-0.2, -0.15) is 5.26 Å². The summed E-state index contributed by atoms with van der Waals surface area (Å²) >= 11 is 0. The van der Waals surface area contributed by atoms with Gasteiger partial charge in [0.2, 0.25) is 5.91 Å². The maximum absolute atomic E-state index is 12.4. The number of nitrogens with one attached hydrogen (secondary N) is 2. The average Bonchev–Trinajstić information content (AvgIpc) is 2.46. The number of nitriles is 1. The minimum Gasteiger partial charge on any atom is -0.369 e. The molecule has 1 saturated heterocycles. The molecule has 1 aliphatic rings. The molecule has 0 aromatic carbocycles. The summed E-state index contributed by atoms with van der Waals surface area (Å²) in [5.74, 6) is -0.568. The predicted molar refractivity (Wildman–Crippen MR) is 79.1 cm³/mol. The van der Waals surface area contributed by atoms with E-state index >= 15 is 0 Å². The van der Waals surface area contributed by atoms with Gasteiger partial charge in [0.25, 0.3) is 5.91 Å². The summed E-state index contributed by atoms with van der Waals surface area (Å²) in [4.78, 5) is 24.8. The molecule has 0 aliphatic carbocycles. The molecule has 6 heteroatoms. The van der Waals surface area contributed by atoms with Crippen molar-refractivity contribution in [2.45, 2.75) is 52.1 Å². The van der Waals surface area contributed by atoms with Gasteiger partial charge in [0.1, 0.15) is 5.54 Å². The number of quaternary nitrogens is 1. The second-order valence-electron chi connectivity index (χ2n) is 6.53. The summed E-state index contributed by atoms with van der Waals surface area (Å²) in [6, 6.07) is 1.89. The lowest BCUT2D eigenvalue weighted by Crippen LogP contribution is -3.18. The third-order valence-corrected chi connectivity index (χ3v) is 4.74. The summed E-state index contributed by atoms with van der Waals surface area (Å²) in [6.07, 6.45) is 1.69. The number of hydrogen-bond acceptors (Lipinski definition) is 3. The molecular formula is C15H27N4O2+. The van der Waals surface area contributed by atoms with Crippen molar-refractivity contribution in [2.75, 3.05) is 13.1 Å². The summed E-state index contributed by atoms with van der Waals surface area (Å²) in [5.41, 5.74) is 4.50. The topological polar surface area (TPSA) is 100 Å². The van der Waals surface area contributed by atoms with Crippen LogP contribution in [-0.2, 0) is 9.59 Å². The minimum atomic E-state index is -0.871. The van der Waals surface area contributed by atoms with E-state index < -0.39 is 5.54 Å². The Kier molecular flexibility index (Phi) is 5.73. The summed E-state index contributed by atoms with van der Waals surface area (Å²) in [7, 11) is 0. The van der Waals surface area contributed by atoms with Crippen molar-refractivity contribution in [3.63, 3.8) is 0 Å². The van der Waals surface area contributed by atoms with E-state index in [9.17, 15) is 14.9 Å². The lowest BCUT2D eigenvalue weighted by atomic mass is 9.89. The molecule has 0 radical (unpaired) electrons. The zero-order chi connectivity index (χ0) is 16.2. The fourth-order valence-corrected chi connectivity index (χ4v) is 2.58. The molecule has 2 amide bonds. The molecule has 0 aromatic rings. The Morgan fingerprint density at radius 2 is 2.05 bits per heavy atom. The Bertz CT molecular complexity index is 443. The van der Waals surface area contributed by atoms with Gasteiger partial charge < -0.3 is 16.0 Å². The first-order valence-electron chi connectivity index (χ1n) is 7.58. The lowest BCUT2D eigenvalue weighted by molar-refractivity contribution is -0.921. The minimum absolute atomic E-state index is 0.0216. The van der Waals surface area contributed by atoms with Crippen molar-refractivity contribution in [1.29, 1.82) is 5.26 Å². The third kappa shape index (κ3) is 4.18. The maximum atomic E-state index is 12.4. The van der Waals surface area contributed by atoms with Gasteiger partial charge in [-0.05, 0) is 32.6 Å². The summed E-state index contributed by atoms with van der Waals surface area (Å²) in [5, 5.41) is 12.1. The molecule has 1 aliphatic heterocycles. The first-order valence-corrected chi connectivity index (χ1v) is 7.58. The van der Waals surface area contributed by atoms with Crippen LogP contribution in [0.1, 0.15) is 40.5 Å². The van der Waals surface area contributed by atoms with Crippen LogP contribution < -0.4 is 16.0 Å². The highest BCUT2D eigenvalue weighted by Gasteiger charge is 2.37. The Balaban J connectivity index is 2.70. The molecule has 4 atom stereocenters. The van der Waals surface area contributed by atoms with Gasteiger partial charge in [0.15, 0.2) is 6.04 Å². The first-order chi connectivity index (χ1) is 9.71. The molecule has 0 aromatic heterocycles. The monoisotopic (exact) mass is 295 g/mol. The molecule has 21 heavy (non-hydrogen) atoms. The number of carbonyl (C=O) groups is 2. The van der Waals surface area contributed by atoms with E-state index in [2.05, 4.69) is 11.4 Å². The molecule has 6 nitrogen and oxygen atoms in total. The van der Waals surface area contributed by atoms with E-state index in [0.717, 1.165) is 24.3 Å². The number of amides is 2. The van der Waals surface area contributed by atoms with E-state index in [1.807, 2.05) is 20.8 Å². The Labute approximate surface area is 126 Å². The smallest absolute Gasteiger partial charge is 0.279 e. The van der Waals surface area contributed by atoms with E-state index in [1.54, 1.807) is 6.92 Å². The van der Waals surface area contributed by atoms with Crippen LogP contribution in [0, 0.1) is 23.2 Å². The van der Waals surface area contributed by atoms with Crippen LogP contribution in [0.2, 0.25) is 0 Å². The SMILES string of the molecule is CC(C)[C@@](C)(C#N)NC(=O)[C@H](C)[NH+]1CCC[C@H](C(N)=O)C1. The van der Waals surface area contributed by atoms with Gasteiger partial charge in [0, 0.05) is 0 Å². The largest absolute Gasteiger partial charge is 0.369 e. The van der Waals surface area contributed by atoms with E-state index in [4.69, 9.17) is 5.73 Å². The summed E-state index contributed by atoms with van der Waals surface area (Å²) < 4.78 is 0. The Hall–Kier alpha value is -1.61. The molecule has 1 unspecified atom stereocenters. The predicted octanol–water partition coefficient (Wildman–Crippen LogP) is -0.790. The molecular weight excluding hydrogens is 268 g/mol. The molecule has 1 rings (SSSR count). The zero-order valence-corrected chi connectivity index (χ0v) is 13.4. The Morgan fingerprint density at radius 3 is 2.52 bits per heavy atom.